The van der Waals surface area contributed by atoms with Crippen LogP contribution in [-0.4, -0.2) is 44.2 Å². The molecule has 0 unspecified atom stereocenters. The highest BCUT2D eigenvalue weighted by molar-refractivity contribution is 9.11. The van der Waals surface area contributed by atoms with Gasteiger partial charge in [-0.05, 0) is 40.9 Å². The van der Waals surface area contributed by atoms with Gasteiger partial charge < -0.3 is 15.5 Å². The van der Waals surface area contributed by atoms with Gasteiger partial charge in [-0.25, -0.2) is 0 Å². The number of piperidine rings is 1. The average molecular weight is 318 g/mol. The predicted molar refractivity (Wildman–Crippen MR) is 78.9 cm³/mol. The first kappa shape index (κ1) is 13.3. The molecule has 0 atom stereocenters. The zero-order chi connectivity index (χ0) is 12.3. The minimum atomic E-state index is 0.676. The first-order chi connectivity index (χ1) is 8.20. The Hall–Kier alpha value is -0.100. The third-order valence-corrected chi connectivity index (χ3v) is 5.17. The van der Waals surface area contributed by atoms with Gasteiger partial charge in [0.2, 0.25) is 0 Å². The summed E-state index contributed by atoms with van der Waals surface area (Å²) in [4.78, 5) is 4.89. The first-order valence-electron chi connectivity index (χ1n) is 6.11. The molecule has 1 aromatic heterocycles. The third kappa shape index (κ3) is 3.44. The van der Waals surface area contributed by atoms with Crippen LogP contribution in [0.1, 0.15) is 12.8 Å². The number of hydrogen-bond donors (Lipinski definition) is 1. The van der Waals surface area contributed by atoms with Crippen molar-refractivity contribution in [3.8, 4) is 0 Å². The van der Waals surface area contributed by atoms with E-state index < -0.39 is 0 Å². The smallest absolute Gasteiger partial charge is 0.0920 e. The Morgan fingerprint density at radius 2 is 2.18 bits per heavy atom. The summed E-state index contributed by atoms with van der Waals surface area (Å²) in [5.74, 6) is 0. The number of likely N-dealkylation sites (tertiary alicyclic amines) is 1. The quantitative estimate of drug-likeness (QED) is 0.925. The maximum Gasteiger partial charge on any atom is 0.0920 e. The number of thiophene rings is 1. The molecule has 2 N–H and O–H groups in total. The number of anilines is 1. The Kier molecular flexibility index (Phi) is 4.85. The van der Waals surface area contributed by atoms with E-state index in [0.717, 1.165) is 13.1 Å². The summed E-state index contributed by atoms with van der Waals surface area (Å²) < 4.78 is 1.21. The molecule has 1 aromatic rings. The molecule has 1 fully saturated rings. The fraction of sp³-hybridized carbons (Fsp3) is 0.667. The van der Waals surface area contributed by atoms with Crippen molar-refractivity contribution in [2.75, 3.05) is 38.1 Å². The van der Waals surface area contributed by atoms with Crippen LogP contribution in [0.3, 0.4) is 0 Å². The van der Waals surface area contributed by atoms with Gasteiger partial charge in [0.1, 0.15) is 0 Å². The minimum absolute atomic E-state index is 0.676. The van der Waals surface area contributed by atoms with Crippen molar-refractivity contribution in [1.29, 1.82) is 0 Å². The molecule has 96 valence electrons. The number of nitrogens with two attached hydrogens (primary N) is 1. The summed E-state index contributed by atoms with van der Waals surface area (Å²) in [7, 11) is 2.21. The average Bonchev–Trinajstić information content (AvgIpc) is 2.76. The first-order valence-corrected chi connectivity index (χ1v) is 7.72. The van der Waals surface area contributed by atoms with Crippen LogP contribution in [0.4, 0.5) is 5.00 Å². The molecule has 0 spiro atoms. The fourth-order valence-corrected chi connectivity index (χ4v) is 3.78. The predicted octanol–water partition coefficient (Wildman–Crippen LogP) is 2.37. The highest BCUT2D eigenvalue weighted by Crippen LogP contribution is 2.32. The van der Waals surface area contributed by atoms with Crippen LogP contribution in [-0.2, 0) is 0 Å². The number of nitrogens with zero attached hydrogens (tertiary/aromatic N) is 2. The van der Waals surface area contributed by atoms with E-state index in [9.17, 15) is 0 Å². The Morgan fingerprint density at radius 1 is 1.47 bits per heavy atom. The van der Waals surface area contributed by atoms with Crippen molar-refractivity contribution < 1.29 is 0 Å². The maximum atomic E-state index is 5.59. The van der Waals surface area contributed by atoms with E-state index in [0.29, 0.717) is 6.04 Å². The number of hydrogen-bond acceptors (Lipinski definition) is 4. The van der Waals surface area contributed by atoms with Crippen LogP contribution in [0.15, 0.2) is 15.9 Å². The minimum Gasteiger partial charge on any atom is -0.363 e. The van der Waals surface area contributed by atoms with E-state index in [1.54, 1.807) is 0 Å². The van der Waals surface area contributed by atoms with Crippen LogP contribution < -0.4 is 10.6 Å². The molecule has 3 nitrogen and oxygen atoms in total. The molecule has 0 aliphatic carbocycles. The molecule has 0 saturated carbocycles. The summed E-state index contributed by atoms with van der Waals surface area (Å²) in [6.45, 7) is 4.18. The van der Waals surface area contributed by atoms with Crippen molar-refractivity contribution in [3.63, 3.8) is 0 Å². The van der Waals surface area contributed by atoms with Gasteiger partial charge in [0.05, 0.1) is 8.79 Å². The zero-order valence-electron chi connectivity index (χ0n) is 10.2. The molecule has 5 heteroatoms. The van der Waals surface area contributed by atoms with Crippen molar-refractivity contribution >= 4 is 32.3 Å². The summed E-state index contributed by atoms with van der Waals surface area (Å²) >= 11 is 5.33. The Labute approximate surface area is 116 Å². The SMILES string of the molecule is CN(c1ccc(Br)s1)C1CCN(CCN)CC1. The van der Waals surface area contributed by atoms with Crippen molar-refractivity contribution in [2.45, 2.75) is 18.9 Å². The Balaban J connectivity index is 1.88. The van der Waals surface area contributed by atoms with Crippen LogP contribution in [0, 0.1) is 0 Å². The van der Waals surface area contributed by atoms with Crippen LogP contribution in [0.5, 0.6) is 0 Å². The second-order valence-electron chi connectivity index (χ2n) is 4.55. The summed E-state index contributed by atoms with van der Waals surface area (Å²) in [5.41, 5.74) is 5.59. The number of halogens is 1. The van der Waals surface area contributed by atoms with Gasteiger partial charge >= 0.3 is 0 Å². The Morgan fingerprint density at radius 3 is 2.71 bits per heavy atom. The largest absolute Gasteiger partial charge is 0.363 e. The molecule has 0 aromatic carbocycles. The molecule has 0 amide bonds. The van der Waals surface area contributed by atoms with Gasteiger partial charge in [-0.2, -0.15) is 0 Å². The van der Waals surface area contributed by atoms with Gasteiger partial charge in [-0.1, -0.05) is 0 Å². The fourth-order valence-electron chi connectivity index (χ4n) is 2.39. The normalized spacial score (nSPS) is 18.5. The maximum absolute atomic E-state index is 5.59. The van der Waals surface area contributed by atoms with Gasteiger partial charge in [-0.3, -0.25) is 0 Å². The number of rotatable bonds is 4. The van der Waals surface area contributed by atoms with Crippen molar-refractivity contribution in [1.82, 2.24) is 4.90 Å². The second kappa shape index (κ2) is 6.18. The van der Waals surface area contributed by atoms with Gasteiger partial charge in [-0.15, -0.1) is 11.3 Å². The monoisotopic (exact) mass is 317 g/mol. The highest BCUT2D eigenvalue weighted by atomic mass is 79.9. The summed E-state index contributed by atoms with van der Waals surface area (Å²) in [6, 6.07) is 5.00. The molecule has 2 rings (SSSR count). The van der Waals surface area contributed by atoms with E-state index in [2.05, 4.69) is 44.9 Å². The Bertz CT molecular complexity index is 347. The van der Waals surface area contributed by atoms with Crippen molar-refractivity contribution in [3.05, 3.63) is 15.9 Å². The lowest BCUT2D eigenvalue weighted by molar-refractivity contribution is 0.216. The van der Waals surface area contributed by atoms with E-state index >= 15 is 0 Å². The molecule has 1 aliphatic heterocycles. The summed E-state index contributed by atoms with van der Waals surface area (Å²) in [6.07, 6.45) is 2.48. The zero-order valence-corrected chi connectivity index (χ0v) is 12.6. The molecule has 2 heterocycles. The molecule has 1 saturated heterocycles. The van der Waals surface area contributed by atoms with Gasteiger partial charge in [0.15, 0.2) is 0 Å². The molecular formula is C12H20BrN3S. The lowest BCUT2D eigenvalue weighted by Gasteiger charge is -2.37. The lowest BCUT2D eigenvalue weighted by Crippen LogP contribution is -2.44. The molecule has 17 heavy (non-hydrogen) atoms. The molecular weight excluding hydrogens is 298 g/mol. The van der Waals surface area contributed by atoms with E-state index in [4.69, 9.17) is 5.73 Å². The van der Waals surface area contributed by atoms with Gasteiger partial charge in [0.25, 0.3) is 0 Å². The van der Waals surface area contributed by atoms with Gasteiger partial charge in [0, 0.05) is 39.3 Å². The lowest BCUT2D eigenvalue weighted by atomic mass is 10.0. The standard InChI is InChI=1S/C12H20BrN3S/c1-15(12-3-2-11(13)17-12)10-4-7-16(8-5-10)9-6-14/h2-3,10H,4-9,14H2,1H3. The molecule has 0 bridgehead atoms. The highest BCUT2D eigenvalue weighted by Gasteiger charge is 2.22. The topological polar surface area (TPSA) is 32.5 Å². The van der Waals surface area contributed by atoms with Crippen molar-refractivity contribution in [2.24, 2.45) is 5.73 Å². The van der Waals surface area contributed by atoms with E-state index in [1.165, 1.54) is 34.7 Å². The van der Waals surface area contributed by atoms with E-state index in [1.807, 2.05) is 11.3 Å². The summed E-state index contributed by atoms with van der Waals surface area (Å²) in [5, 5.41) is 1.36. The second-order valence-corrected chi connectivity index (χ2v) is 6.99. The van der Waals surface area contributed by atoms with Crippen LogP contribution in [0.25, 0.3) is 0 Å². The van der Waals surface area contributed by atoms with E-state index in [-0.39, 0.29) is 0 Å². The van der Waals surface area contributed by atoms with Crippen LogP contribution >= 0.6 is 27.3 Å². The molecule has 0 radical (unpaired) electrons. The molecule has 1 aliphatic rings. The van der Waals surface area contributed by atoms with Crippen LogP contribution in [0.2, 0.25) is 0 Å². The third-order valence-electron chi connectivity index (χ3n) is 3.46.